The van der Waals surface area contributed by atoms with E-state index in [1.165, 1.54) is 6.07 Å². The Kier molecular flexibility index (Phi) is 3.84. The number of aromatic nitrogens is 2. The second-order valence-electron chi connectivity index (χ2n) is 4.01. The van der Waals surface area contributed by atoms with Crippen LogP contribution >= 0.6 is 0 Å². The van der Waals surface area contributed by atoms with E-state index < -0.39 is 11.6 Å². The summed E-state index contributed by atoms with van der Waals surface area (Å²) in [6, 6.07) is 3.93. The molecule has 21 heavy (non-hydrogen) atoms. The number of benzene rings is 1. The fourth-order valence-electron chi connectivity index (χ4n) is 1.78. The number of nitriles is 1. The van der Waals surface area contributed by atoms with Gasteiger partial charge in [0.05, 0.1) is 12.3 Å². The van der Waals surface area contributed by atoms with E-state index in [9.17, 15) is 8.78 Å². The van der Waals surface area contributed by atoms with Gasteiger partial charge in [0.1, 0.15) is 17.5 Å². The number of nitrogens with two attached hydrogens (primary N) is 2. The highest BCUT2D eigenvalue weighted by atomic mass is 19.2. The average Bonchev–Trinajstić information content (AvgIpc) is 2.43. The molecule has 1 aromatic carbocycles. The molecule has 0 aliphatic carbocycles. The molecule has 0 spiro atoms. The maximum absolute atomic E-state index is 13.6. The average molecular weight is 291 g/mol. The predicted molar refractivity (Wildman–Crippen MR) is 72.1 cm³/mol. The van der Waals surface area contributed by atoms with Crippen LogP contribution < -0.4 is 16.2 Å². The molecule has 108 valence electrons. The normalized spacial score (nSPS) is 10.2. The summed E-state index contributed by atoms with van der Waals surface area (Å²) < 4.78 is 32.2. The molecule has 0 atom stereocenters. The molecule has 6 nitrogen and oxygen atoms in total. The predicted octanol–water partition coefficient (Wildman–Crippen LogP) is 1.86. The van der Waals surface area contributed by atoms with Crippen molar-refractivity contribution in [1.29, 1.82) is 5.26 Å². The van der Waals surface area contributed by atoms with Gasteiger partial charge in [-0.15, -0.1) is 0 Å². The zero-order valence-corrected chi connectivity index (χ0v) is 11.0. The molecule has 0 radical (unpaired) electrons. The number of anilines is 2. The van der Waals surface area contributed by atoms with Gasteiger partial charge in [0.25, 0.3) is 0 Å². The largest absolute Gasteiger partial charge is 0.491 e. The Bertz CT molecular complexity index is 742. The second-order valence-corrected chi connectivity index (χ2v) is 4.01. The zero-order chi connectivity index (χ0) is 15.6. The number of rotatable bonds is 3. The van der Waals surface area contributed by atoms with Gasteiger partial charge in [0, 0.05) is 5.56 Å². The van der Waals surface area contributed by atoms with Crippen molar-refractivity contribution in [3.8, 4) is 23.1 Å². The highest BCUT2D eigenvalue weighted by Gasteiger charge is 2.18. The molecule has 0 bridgehead atoms. The van der Waals surface area contributed by atoms with Crippen LogP contribution in [0, 0.1) is 23.0 Å². The molecule has 2 aromatic rings. The molecule has 4 N–H and O–H groups in total. The van der Waals surface area contributed by atoms with E-state index in [4.69, 9.17) is 21.5 Å². The topological polar surface area (TPSA) is 111 Å². The van der Waals surface area contributed by atoms with Gasteiger partial charge >= 0.3 is 0 Å². The Hall–Kier alpha value is -2.95. The van der Waals surface area contributed by atoms with Crippen molar-refractivity contribution in [3.63, 3.8) is 0 Å². The molecule has 0 fully saturated rings. The van der Waals surface area contributed by atoms with Crippen molar-refractivity contribution in [1.82, 2.24) is 9.97 Å². The van der Waals surface area contributed by atoms with Gasteiger partial charge in [-0.25, -0.2) is 9.37 Å². The molecule has 1 aromatic heterocycles. The maximum Gasteiger partial charge on any atom is 0.222 e. The molecular formula is C13H11F2N5O. The summed E-state index contributed by atoms with van der Waals surface area (Å²) in [7, 11) is 0. The maximum atomic E-state index is 13.6. The van der Waals surface area contributed by atoms with Gasteiger partial charge in [-0.05, 0) is 19.1 Å². The number of halogens is 2. The van der Waals surface area contributed by atoms with Gasteiger partial charge in [-0.3, -0.25) is 0 Å². The Balaban J connectivity index is 2.70. The van der Waals surface area contributed by atoms with Gasteiger partial charge in [-0.1, -0.05) is 0 Å². The number of hydrogen-bond acceptors (Lipinski definition) is 6. The molecule has 1 heterocycles. The molecule has 0 aliphatic rings. The summed E-state index contributed by atoms with van der Waals surface area (Å²) in [4.78, 5) is 7.52. The van der Waals surface area contributed by atoms with Crippen molar-refractivity contribution < 1.29 is 13.5 Å². The Morgan fingerprint density at radius 1 is 1.29 bits per heavy atom. The first kappa shape index (κ1) is 14.5. The van der Waals surface area contributed by atoms with Gasteiger partial charge in [-0.2, -0.15) is 14.6 Å². The van der Waals surface area contributed by atoms with Crippen molar-refractivity contribution in [2.24, 2.45) is 0 Å². The standard InChI is InChI=1S/C13H11F2N5O/c1-2-21-9-4-6(3-8(14)10(9)15)11-7(5-16)12(17)20-13(18)19-11/h3-4H,2H2,1H3,(H4,17,18,19,20). The summed E-state index contributed by atoms with van der Waals surface area (Å²) in [6.45, 7) is 1.78. The lowest BCUT2D eigenvalue weighted by Gasteiger charge is -2.10. The third-order valence-electron chi connectivity index (χ3n) is 2.63. The van der Waals surface area contributed by atoms with Crippen molar-refractivity contribution in [2.75, 3.05) is 18.1 Å². The molecule has 2 rings (SSSR count). The van der Waals surface area contributed by atoms with Gasteiger partial charge in [0.15, 0.2) is 11.6 Å². The number of nitrogen functional groups attached to an aromatic ring is 2. The van der Waals surface area contributed by atoms with Gasteiger partial charge < -0.3 is 16.2 Å². The monoisotopic (exact) mass is 291 g/mol. The van der Waals surface area contributed by atoms with Crippen LogP contribution in [0.1, 0.15) is 12.5 Å². The molecule has 0 unspecified atom stereocenters. The minimum absolute atomic E-state index is 0.0161. The molecular weight excluding hydrogens is 280 g/mol. The Labute approximate surface area is 119 Å². The Morgan fingerprint density at radius 3 is 2.62 bits per heavy atom. The van der Waals surface area contributed by atoms with Crippen LogP contribution in [-0.4, -0.2) is 16.6 Å². The van der Waals surface area contributed by atoms with E-state index in [-0.39, 0.29) is 40.9 Å². The molecule has 0 aliphatic heterocycles. The van der Waals surface area contributed by atoms with E-state index in [1.807, 2.05) is 6.07 Å². The van der Waals surface area contributed by atoms with Crippen molar-refractivity contribution >= 4 is 11.8 Å². The minimum atomic E-state index is -1.13. The van der Waals surface area contributed by atoms with E-state index in [1.54, 1.807) is 6.92 Å². The van der Waals surface area contributed by atoms with E-state index >= 15 is 0 Å². The second kappa shape index (κ2) is 5.58. The van der Waals surface area contributed by atoms with Crippen LogP contribution in [0.15, 0.2) is 12.1 Å². The lowest BCUT2D eigenvalue weighted by atomic mass is 10.1. The summed E-state index contributed by atoms with van der Waals surface area (Å²) in [6.07, 6.45) is 0. The molecule has 8 heteroatoms. The summed E-state index contributed by atoms with van der Waals surface area (Å²) in [5.41, 5.74) is 11.1. The number of nitrogens with zero attached hydrogens (tertiary/aromatic N) is 3. The fraction of sp³-hybridized carbons (Fsp3) is 0.154. The van der Waals surface area contributed by atoms with Crippen molar-refractivity contribution in [3.05, 3.63) is 29.3 Å². The van der Waals surface area contributed by atoms with E-state index in [0.717, 1.165) is 6.07 Å². The van der Waals surface area contributed by atoms with Crippen LogP contribution in [-0.2, 0) is 0 Å². The smallest absolute Gasteiger partial charge is 0.222 e. The highest BCUT2D eigenvalue weighted by Crippen LogP contribution is 2.31. The van der Waals surface area contributed by atoms with Crippen LogP contribution in [0.5, 0.6) is 5.75 Å². The summed E-state index contributed by atoms with van der Waals surface area (Å²) in [5, 5.41) is 9.10. The highest BCUT2D eigenvalue weighted by molar-refractivity contribution is 5.74. The van der Waals surface area contributed by atoms with Crippen LogP contribution in [0.2, 0.25) is 0 Å². The quantitative estimate of drug-likeness (QED) is 0.892. The minimum Gasteiger partial charge on any atom is -0.491 e. The third-order valence-corrected chi connectivity index (χ3v) is 2.63. The summed E-state index contributed by atoms with van der Waals surface area (Å²) >= 11 is 0. The first-order valence-corrected chi connectivity index (χ1v) is 5.93. The fourth-order valence-corrected chi connectivity index (χ4v) is 1.78. The van der Waals surface area contributed by atoms with E-state index in [0.29, 0.717) is 0 Å². The SMILES string of the molecule is CCOc1cc(-c2nc(N)nc(N)c2C#N)cc(F)c1F. The lowest BCUT2D eigenvalue weighted by molar-refractivity contribution is 0.314. The summed E-state index contributed by atoms with van der Waals surface area (Å²) in [5.74, 6) is -2.84. The first-order chi connectivity index (χ1) is 9.97. The molecule has 0 saturated carbocycles. The number of hydrogen-bond donors (Lipinski definition) is 2. The third kappa shape index (κ3) is 2.67. The molecule has 0 saturated heterocycles. The first-order valence-electron chi connectivity index (χ1n) is 5.93. The molecule has 0 amide bonds. The van der Waals surface area contributed by atoms with Crippen LogP contribution in [0.4, 0.5) is 20.5 Å². The van der Waals surface area contributed by atoms with Crippen LogP contribution in [0.25, 0.3) is 11.3 Å². The van der Waals surface area contributed by atoms with E-state index in [2.05, 4.69) is 9.97 Å². The van der Waals surface area contributed by atoms with Gasteiger partial charge in [0.2, 0.25) is 11.8 Å². The number of ether oxygens (including phenoxy) is 1. The Morgan fingerprint density at radius 2 is 2.00 bits per heavy atom. The zero-order valence-electron chi connectivity index (χ0n) is 11.0. The van der Waals surface area contributed by atoms with Crippen LogP contribution in [0.3, 0.4) is 0 Å². The lowest BCUT2D eigenvalue weighted by Crippen LogP contribution is -2.06. The van der Waals surface area contributed by atoms with Crippen molar-refractivity contribution in [2.45, 2.75) is 6.92 Å².